The maximum absolute atomic E-state index is 11.6. The Labute approximate surface area is 90.6 Å². The molecule has 0 aromatic rings. The van der Waals surface area contributed by atoms with Crippen LogP contribution in [0.2, 0.25) is 0 Å². The topological polar surface area (TPSA) is 52.6 Å². The predicted octanol–water partition coefficient (Wildman–Crippen LogP) is -0.0307. The van der Waals surface area contributed by atoms with Crippen LogP contribution >= 0.6 is 0 Å². The van der Waals surface area contributed by atoms with E-state index in [1.807, 2.05) is 0 Å². The van der Waals surface area contributed by atoms with E-state index < -0.39 is 0 Å². The number of rotatable bonds is 5. The van der Waals surface area contributed by atoms with Gasteiger partial charge in [0.2, 0.25) is 5.91 Å². The van der Waals surface area contributed by atoms with E-state index in [2.05, 4.69) is 10.2 Å². The number of aliphatic hydroxyl groups excluding tert-OH is 1. The van der Waals surface area contributed by atoms with Crippen molar-refractivity contribution in [2.75, 3.05) is 26.2 Å². The number of hydrogen-bond acceptors (Lipinski definition) is 3. The Bertz CT molecular complexity index is 229. The van der Waals surface area contributed by atoms with Crippen molar-refractivity contribution in [3.8, 4) is 0 Å². The molecule has 2 rings (SSSR count). The summed E-state index contributed by atoms with van der Waals surface area (Å²) in [4.78, 5) is 13.6. The molecule has 0 spiro atoms. The molecule has 0 unspecified atom stereocenters. The third-order valence-corrected chi connectivity index (χ3v) is 3.34. The van der Waals surface area contributed by atoms with Gasteiger partial charge in [0.1, 0.15) is 0 Å². The van der Waals surface area contributed by atoms with Crippen LogP contribution < -0.4 is 5.32 Å². The van der Waals surface area contributed by atoms with Gasteiger partial charge in [-0.15, -0.1) is 0 Å². The van der Waals surface area contributed by atoms with Crippen LogP contribution in [0.15, 0.2) is 0 Å². The number of carbonyl (C=O) groups excluding carboxylic acids is 1. The first-order valence-corrected chi connectivity index (χ1v) is 5.91. The van der Waals surface area contributed by atoms with Gasteiger partial charge >= 0.3 is 0 Å². The molecule has 2 fully saturated rings. The lowest BCUT2D eigenvalue weighted by molar-refractivity contribution is -0.122. The average Bonchev–Trinajstić information content (AvgIpc) is 2.96. The highest BCUT2D eigenvalue weighted by Gasteiger charge is 2.26. The predicted molar refractivity (Wildman–Crippen MR) is 57.4 cm³/mol. The molecule has 0 bridgehead atoms. The van der Waals surface area contributed by atoms with Crippen molar-refractivity contribution >= 4 is 5.91 Å². The van der Waals surface area contributed by atoms with Gasteiger partial charge in [0.25, 0.3) is 0 Å². The van der Waals surface area contributed by atoms with Crippen molar-refractivity contribution in [3.63, 3.8) is 0 Å². The zero-order chi connectivity index (χ0) is 10.7. The Morgan fingerprint density at radius 2 is 2.20 bits per heavy atom. The van der Waals surface area contributed by atoms with Gasteiger partial charge in [0, 0.05) is 12.6 Å². The maximum atomic E-state index is 11.6. The second-order valence-electron chi connectivity index (χ2n) is 4.70. The van der Waals surface area contributed by atoms with E-state index in [-0.39, 0.29) is 18.6 Å². The number of carbonyl (C=O) groups is 1. The number of nitrogens with one attached hydrogen (secondary N) is 1. The molecule has 1 saturated carbocycles. The van der Waals surface area contributed by atoms with E-state index in [1.54, 1.807) is 0 Å². The number of likely N-dealkylation sites (tertiary alicyclic amines) is 1. The number of hydrogen-bond donors (Lipinski definition) is 2. The van der Waals surface area contributed by atoms with E-state index in [1.165, 1.54) is 12.8 Å². The lowest BCUT2D eigenvalue weighted by atomic mass is 10.2. The quantitative estimate of drug-likeness (QED) is 0.673. The highest BCUT2D eigenvalue weighted by molar-refractivity contribution is 5.78. The van der Waals surface area contributed by atoms with Crippen LogP contribution in [-0.4, -0.2) is 48.2 Å². The molecule has 1 saturated heterocycles. The summed E-state index contributed by atoms with van der Waals surface area (Å²) in [6.45, 7) is 2.42. The third-order valence-electron chi connectivity index (χ3n) is 3.34. The summed E-state index contributed by atoms with van der Waals surface area (Å²) >= 11 is 0. The highest BCUT2D eigenvalue weighted by Crippen LogP contribution is 2.27. The zero-order valence-corrected chi connectivity index (χ0v) is 9.11. The van der Waals surface area contributed by atoms with Crippen molar-refractivity contribution in [3.05, 3.63) is 0 Å². The summed E-state index contributed by atoms with van der Waals surface area (Å²) in [5.41, 5.74) is 0. The fraction of sp³-hybridized carbons (Fsp3) is 0.909. The first kappa shape index (κ1) is 10.9. The van der Waals surface area contributed by atoms with E-state index in [0.717, 1.165) is 31.8 Å². The lowest BCUT2D eigenvalue weighted by Crippen LogP contribution is -2.41. The molecule has 4 nitrogen and oxygen atoms in total. The molecule has 1 atom stereocenters. The first-order chi connectivity index (χ1) is 7.29. The molecule has 15 heavy (non-hydrogen) atoms. The molecule has 1 amide bonds. The third kappa shape index (κ3) is 3.18. The van der Waals surface area contributed by atoms with Crippen molar-refractivity contribution in [2.45, 2.75) is 31.7 Å². The van der Waals surface area contributed by atoms with Crippen LogP contribution in [0, 0.1) is 5.92 Å². The lowest BCUT2D eigenvalue weighted by Gasteiger charge is -2.21. The van der Waals surface area contributed by atoms with Gasteiger partial charge in [0.05, 0.1) is 13.2 Å². The Kier molecular flexibility index (Phi) is 3.59. The minimum atomic E-state index is 0.113. The molecule has 1 aliphatic heterocycles. The monoisotopic (exact) mass is 212 g/mol. The summed E-state index contributed by atoms with van der Waals surface area (Å²) in [5.74, 6) is 0.850. The minimum Gasteiger partial charge on any atom is -0.395 e. The van der Waals surface area contributed by atoms with Crippen molar-refractivity contribution in [2.24, 2.45) is 5.92 Å². The second kappa shape index (κ2) is 4.94. The second-order valence-corrected chi connectivity index (χ2v) is 4.70. The SMILES string of the molecule is O=C(CN1CCC[C@@H]1CO)NCC1CC1. The smallest absolute Gasteiger partial charge is 0.234 e. The van der Waals surface area contributed by atoms with Crippen molar-refractivity contribution in [1.29, 1.82) is 0 Å². The zero-order valence-electron chi connectivity index (χ0n) is 9.11. The van der Waals surface area contributed by atoms with E-state index in [0.29, 0.717) is 6.54 Å². The summed E-state index contributed by atoms with van der Waals surface area (Å²) < 4.78 is 0. The number of aliphatic hydroxyl groups is 1. The maximum Gasteiger partial charge on any atom is 0.234 e. The van der Waals surface area contributed by atoms with E-state index in [9.17, 15) is 4.79 Å². The fourth-order valence-corrected chi connectivity index (χ4v) is 2.13. The van der Waals surface area contributed by atoms with Crippen LogP contribution in [0.25, 0.3) is 0 Å². The molecule has 1 heterocycles. The Morgan fingerprint density at radius 3 is 2.87 bits per heavy atom. The van der Waals surface area contributed by atoms with Crippen LogP contribution in [0.3, 0.4) is 0 Å². The summed E-state index contributed by atoms with van der Waals surface area (Å²) in [5, 5.41) is 12.1. The van der Waals surface area contributed by atoms with Crippen LogP contribution in [-0.2, 0) is 4.79 Å². The molecule has 2 aliphatic rings. The summed E-state index contributed by atoms with van der Waals surface area (Å²) in [7, 11) is 0. The van der Waals surface area contributed by atoms with E-state index >= 15 is 0 Å². The largest absolute Gasteiger partial charge is 0.395 e. The Hall–Kier alpha value is -0.610. The first-order valence-electron chi connectivity index (χ1n) is 5.91. The summed E-state index contributed by atoms with van der Waals surface area (Å²) in [6, 6.07) is 0.205. The fourth-order valence-electron chi connectivity index (χ4n) is 2.13. The summed E-state index contributed by atoms with van der Waals surface area (Å²) in [6.07, 6.45) is 4.65. The van der Waals surface area contributed by atoms with Gasteiger partial charge in [-0.05, 0) is 38.1 Å². The minimum absolute atomic E-state index is 0.113. The van der Waals surface area contributed by atoms with Gasteiger partial charge in [-0.3, -0.25) is 9.69 Å². The normalized spacial score (nSPS) is 26.9. The number of nitrogens with zero attached hydrogens (tertiary/aromatic N) is 1. The molecule has 86 valence electrons. The molecule has 0 aromatic heterocycles. The molecule has 4 heteroatoms. The van der Waals surface area contributed by atoms with Crippen LogP contribution in [0.5, 0.6) is 0 Å². The molecule has 0 radical (unpaired) electrons. The molecule has 0 aromatic carbocycles. The van der Waals surface area contributed by atoms with Gasteiger partial charge in [-0.2, -0.15) is 0 Å². The molecular formula is C11H20N2O2. The van der Waals surface area contributed by atoms with Gasteiger partial charge in [-0.1, -0.05) is 0 Å². The van der Waals surface area contributed by atoms with Gasteiger partial charge in [-0.25, -0.2) is 0 Å². The molecule has 1 aliphatic carbocycles. The van der Waals surface area contributed by atoms with Crippen molar-refractivity contribution < 1.29 is 9.90 Å². The molecular weight excluding hydrogens is 192 g/mol. The van der Waals surface area contributed by atoms with Crippen LogP contribution in [0.1, 0.15) is 25.7 Å². The van der Waals surface area contributed by atoms with E-state index in [4.69, 9.17) is 5.11 Å². The van der Waals surface area contributed by atoms with Crippen molar-refractivity contribution in [1.82, 2.24) is 10.2 Å². The van der Waals surface area contributed by atoms with Gasteiger partial charge < -0.3 is 10.4 Å². The Balaban J connectivity index is 1.67. The number of amides is 1. The standard InChI is InChI=1S/C11H20N2O2/c14-8-10-2-1-5-13(10)7-11(15)12-6-9-3-4-9/h9-10,14H,1-8H2,(H,12,15)/t10-/m1/s1. The molecule has 2 N–H and O–H groups in total. The van der Waals surface area contributed by atoms with Crippen LogP contribution in [0.4, 0.5) is 0 Å². The highest BCUT2D eigenvalue weighted by atomic mass is 16.3. The van der Waals surface area contributed by atoms with Gasteiger partial charge in [0.15, 0.2) is 0 Å². The Morgan fingerprint density at radius 1 is 1.40 bits per heavy atom. The average molecular weight is 212 g/mol.